The third kappa shape index (κ3) is 4.86. The van der Waals surface area contributed by atoms with E-state index in [1.54, 1.807) is 19.1 Å². The molecule has 3 rings (SSSR count). The first-order chi connectivity index (χ1) is 14.4. The summed E-state index contributed by atoms with van der Waals surface area (Å²) in [5.41, 5.74) is 6.86. The third-order valence-corrected chi connectivity index (χ3v) is 5.11. The number of hydrogen-bond acceptors (Lipinski definition) is 6. The van der Waals surface area contributed by atoms with Gasteiger partial charge in [-0.25, -0.2) is 0 Å². The Balaban J connectivity index is 1.65. The standard InChI is InChI=1S/C21H24N4O5/c1-2-30-19-8-3-15(13-18(19)25(28)29)21(27)23-16-4-6-17(7-5-16)24-11-9-14(10-12-24)20(22)26/h3-8,13-14H,2,9-12H2,1H3,(H2,22,26)(H,23,27). The van der Waals surface area contributed by atoms with Crippen molar-refractivity contribution in [1.82, 2.24) is 0 Å². The molecule has 0 atom stereocenters. The van der Waals surface area contributed by atoms with Gasteiger partial charge in [-0.15, -0.1) is 0 Å². The summed E-state index contributed by atoms with van der Waals surface area (Å²) >= 11 is 0. The molecule has 0 aromatic heterocycles. The number of benzene rings is 2. The number of nitro benzene ring substituents is 1. The fourth-order valence-corrected chi connectivity index (χ4v) is 3.46. The van der Waals surface area contributed by atoms with Crippen molar-refractivity contribution in [2.24, 2.45) is 11.7 Å². The fraction of sp³-hybridized carbons (Fsp3) is 0.333. The van der Waals surface area contributed by atoms with E-state index in [0.717, 1.165) is 31.6 Å². The molecular weight excluding hydrogens is 388 g/mol. The highest BCUT2D eigenvalue weighted by Crippen LogP contribution is 2.29. The number of piperidine rings is 1. The van der Waals surface area contributed by atoms with Crippen LogP contribution in [0.4, 0.5) is 17.1 Å². The average molecular weight is 412 g/mol. The zero-order valence-electron chi connectivity index (χ0n) is 16.7. The van der Waals surface area contributed by atoms with E-state index in [4.69, 9.17) is 10.5 Å². The Bertz CT molecular complexity index is 937. The van der Waals surface area contributed by atoms with E-state index in [2.05, 4.69) is 10.2 Å². The number of nitrogens with zero attached hydrogens (tertiary/aromatic N) is 2. The first-order valence-corrected chi connectivity index (χ1v) is 9.76. The minimum Gasteiger partial charge on any atom is -0.487 e. The molecule has 9 heteroatoms. The van der Waals surface area contributed by atoms with Gasteiger partial charge in [0, 0.05) is 42.0 Å². The lowest BCUT2D eigenvalue weighted by Gasteiger charge is -2.32. The maximum atomic E-state index is 12.5. The van der Waals surface area contributed by atoms with Gasteiger partial charge in [0.15, 0.2) is 5.75 Å². The van der Waals surface area contributed by atoms with Crippen LogP contribution in [0.1, 0.15) is 30.1 Å². The number of nitrogens with two attached hydrogens (primary N) is 1. The second-order valence-electron chi connectivity index (χ2n) is 7.04. The Labute approximate surface area is 174 Å². The minimum absolute atomic E-state index is 0.0713. The van der Waals surface area contributed by atoms with E-state index in [0.29, 0.717) is 12.3 Å². The van der Waals surface area contributed by atoms with Crippen LogP contribution in [0.3, 0.4) is 0 Å². The molecule has 3 N–H and O–H groups in total. The van der Waals surface area contributed by atoms with Gasteiger partial charge in [-0.1, -0.05) is 0 Å². The molecule has 0 radical (unpaired) electrons. The van der Waals surface area contributed by atoms with Crippen LogP contribution in [0.15, 0.2) is 42.5 Å². The van der Waals surface area contributed by atoms with Crippen molar-refractivity contribution < 1.29 is 19.2 Å². The number of primary amides is 1. The maximum Gasteiger partial charge on any atom is 0.311 e. The van der Waals surface area contributed by atoms with E-state index in [-0.39, 0.29) is 28.8 Å². The molecule has 1 aliphatic heterocycles. The van der Waals surface area contributed by atoms with E-state index in [1.807, 2.05) is 12.1 Å². The Morgan fingerprint density at radius 2 is 1.87 bits per heavy atom. The molecule has 2 aromatic rings. The third-order valence-electron chi connectivity index (χ3n) is 5.11. The van der Waals surface area contributed by atoms with Crippen LogP contribution in [0.25, 0.3) is 0 Å². The van der Waals surface area contributed by atoms with Gasteiger partial charge in [0.2, 0.25) is 5.91 Å². The highest BCUT2D eigenvalue weighted by molar-refractivity contribution is 6.04. The molecular formula is C21H24N4O5. The zero-order chi connectivity index (χ0) is 21.7. The van der Waals surface area contributed by atoms with Gasteiger partial charge in [-0.05, 0) is 56.2 Å². The number of rotatable bonds is 7. The lowest BCUT2D eigenvalue weighted by molar-refractivity contribution is -0.385. The molecule has 0 bridgehead atoms. The second-order valence-corrected chi connectivity index (χ2v) is 7.04. The van der Waals surface area contributed by atoms with Gasteiger partial charge >= 0.3 is 5.69 Å². The molecule has 2 amide bonds. The number of anilines is 2. The van der Waals surface area contributed by atoms with Crippen LogP contribution in [-0.2, 0) is 4.79 Å². The summed E-state index contributed by atoms with van der Waals surface area (Å²) in [5, 5.41) is 14.0. The van der Waals surface area contributed by atoms with Gasteiger partial charge < -0.3 is 20.7 Å². The molecule has 1 heterocycles. The normalized spacial score (nSPS) is 14.2. The largest absolute Gasteiger partial charge is 0.487 e. The highest BCUT2D eigenvalue weighted by atomic mass is 16.6. The number of carbonyl (C=O) groups excluding carboxylic acids is 2. The Morgan fingerprint density at radius 3 is 2.43 bits per heavy atom. The molecule has 1 fully saturated rings. The van der Waals surface area contributed by atoms with Gasteiger partial charge in [0.25, 0.3) is 5.91 Å². The van der Waals surface area contributed by atoms with Crippen molar-refractivity contribution >= 4 is 28.9 Å². The van der Waals surface area contributed by atoms with Crippen LogP contribution >= 0.6 is 0 Å². The maximum absolute atomic E-state index is 12.5. The molecule has 1 aliphatic rings. The molecule has 0 unspecified atom stereocenters. The van der Waals surface area contributed by atoms with Gasteiger partial charge in [0.1, 0.15) is 0 Å². The smallest absolute Gasteiger partial charge is 0.311 e. The summed E-state index contributed by atoms with van der Waals surface area (Å²) in [7, 11) is 0. The van der Waals surface area contributed by atoms with Crippen molar-refractivity contribution in [3.63, 3.8) is 0 Å². The first-order valence-electron chi connectivity index (χ1n) is 9.76. The van der Waals surface area contributed by atoms with E-state index in [1.165, 1.54) is 18.2 Å². The molecule has 0 spiro atoms. The van der Waals surface area contributed by atoms with Crippen LogP contribution in [0.2, 0.25) is 0 Å². The van der Waals surface area contributed by atoms with Crippen molar-refractivity contribution in [3.05, 3.63) is 58.1 Å². The highest BCUT2D eigenvalue weighted by Gasteiger charge is 2.23. The number of nitrogens with one attached hydrogen (secondary N) is 1. The van der Waals surface area contributed by atoms with Crippen LogP contribution in [-0.4, -0.2) is 36.4 Å². The molecule has 9 nitrogen and oxygen atoms in total. The number of ether oxygens (including phenoxy) is 1. The Hall–Kier alpha value is -3.62. The van der Waals surface area contributed by atoms with E-state index >= 15 is 0 Å². The van der Waals surface area contributed by atoms with Crippen molar-refractivity contribution in [2.75, 3.05) is 29.9 Å². The number of hydrogen-bond donors (Lipinski definition) is 2. The van der Waals surface area contributed by atoms with E-state index < -0.39 is 10.8 Å². The van der Waals surface area contributed by atoms with Gasteiger partial charge in [-0.3, -0.25) is 19.7 Å². The molecule has 1 saturated heterocycles. The Kier molecular flexibility index (Phi) is 6.51. The summed E-state index contributed by atoms with van der Waals surface area (Å²) in [6.07, 6.45) is 1.45. The summed E-state index contributed by atoms with van der Waals surface area (Å²) in [5.74, 6) is -0.639. The quantitative estimate of drug-likeness (QED) is 0.531. The summed E-state index contributed by atoms with van der Waals surface area (Å²) in [6, 6.07) is 11.5. The molecule has 0 aliphatic carbocycles. The summed E-state index contributed by atoms with van der Waals surface area (Å²) in [4.78, 5) is 36.6. The lowest BCUT2D eigenvalue weighted by atomic mass is 9.96. The van der Waals surface area contributed by atoms with Crippen molar-refractivity contribution in [2.45, 2.75) is 19.8 Å². The zero-order valence-corrected chi connectivity index (χ0v) is 16.7. The summed E-state index contributed by atoms with van der Waals surface area (Å²) < 4.78 is 5.24. The Morgan fingerprint density at radius 1 is 1.20 bits per heavy atom. The first kappa shape index (κ1) is 21.1. The van der Waals surface area contributed by atoms with Gasteiger partial charge in [-0.2, -0.15) is 0 Å². The van der Waals surface area contributed by atoms with Crippen LogP contribution in [0, 0.1) is 16.0 Å². The summed E-state index contributed by atoms with van der Waals surface area (Å²) in [6.45, 7) is 3.51. The van der Waals surface area contributed by atoms with Gasteiger partial charge in [0.05, 0.1) is 11.5 Å². The van der Waals surface area contributed by atoms with E-state index in [9.17, 15) is 19.7 Å². The second kappa shape index (κ2) is 9.25. The minimum atomic E-state index is -0.571. The fourth-order valence-electron chi connectivity index (χ4n) is 3.46. The number of nitro groups is 1. The molecule has 0 saturated carbocycles. The van der Waals surface area contributed by atoms with Crippen LogP contribution < -0.4 is 20.7 Å². The molecule has 30 heavy (non-hydrogen) atoms. The molecule has 2 aromatic carbocycles. The predicted octanol–water partition coefficient (Wildman–Crippen LogP) is 2.95. The monoisotopic (exact) mass is 412 g/mol. The van der Waals surface area contributed by atoms with Crippen molar-refractivity contribution in [1.29, 1.82) is 0 Å². The van der Waals surface area contributed by atoms with Crippen molar-refractivity contribution in [3.8, 4) is 5.75 Å². The number of carbonyl (C=O) groups is 2. The average Bonchev–Trinajstić information content (AvgIpc) is 2.74. The topological polar surface area (TPSA) is 128 Å². The van der Waals surface area contributed by atoms with Crippen LogP contribution in [0.5, 0.6) is 5.75 Å². The lowest BCUT2D eigenvalue weighted by Crippen LogP contribution is -2.38. The predicted molar refractivity (Wildman–Crippen MR) is 113 cm³/mol. The molecule has 158 valence electrons. The number of amides is 2. The SMILES string of the molecule is CCOc1ccc(C(=O)Nc2ccc(N3CCC(C(N)=O)CC3)cc2)cc1[N+](=O)[O-].